The normalized spacial score (nSPS) is 12.2. The molecule has 16 rings (SSSR count). The highest BCUT2D eigenvalue weighted by atomic mass is 32.1. The standard InChI is InChI=1S/C62H32N6OS2/c1-3-37-19-43(5-1)61-67-59-57(70-61)55(63-31-65-59)47-21-45(41-17-13-35-9-7-33-11-15-39(37)27-51(33)53(35)29-41)23-49(25-47)69-50-24-46-22-48(26-50)56-58-60(66-32-64-56)68-62(71-58)44-6-2-4-38(20-44)40-16-12-34-8-10-36-14-18-42(46)30-54(36)52(34)28-40/h1-32H. The van der Waals surface area contributed by atoms with E-state index in [0.717, 1.165) is 94.7 Å². The van der Waals surface area contributed by atoms with Gasteiger partial charge in [-0.2, -0.15) is 0 Å². The molecule has 0 fully saturated rings. The van der Waals surface area contributed by atoms with Crippen molar-refractivity contribution in [1.29, 1.82) is 0 Å². The predicted octanol–water partition coefficient (Wildman–Crippen LogP) is 17.2. The molecule has 0 spiro atoms. The summed E-state index contributed by atoms with van der Waals surface area (Å²) in [6, 6.07) is 66.1. The van der Waals surface area contributed by atoms with Crippen LogP contribution in [0.1, 0.15) is 0 Å². The molecule has 0 aliphatic carbocycles. The lowest BCUT2D eigenvalue weighted by atomic mass is 9.98. The summed E-state index contributed by atoms with van der Waals surface area (Å²) in [4.78, 5) is 31.3. The van der Waals surface area contributed by atoms with Crippen molar-refractivity contribution in [3.63, 3.8) is 0 Å². The summed E-state index contributed by atoms with van der Waals surface area (Å²) in [6.45, 7) is 0. The molecule has 0 amide bonds. The van der Waals surface area contributed by atoms with Gasteiger partial charge in [-0.15, -0.1) is 22.7 Å². The number of thiazole rings is 2. The summed E-state index contributed by atoms with van der Waals surface area (Å²) in [7, 11) is 0. The van der Waals surface area contributed by atoms with Crippen LogP contribution in [0.15, 0.2) is 195 Å². The molecule has 0 N–H and O–H groups in total. The minimum absolute atomic E-state index is 0.658. The van der Waals surface area contributed by atoms with Gasteiger partial charge in [0.2, 0.25) is 0 Å². The summed E-state index contributed by atoms with van der Waals surface area (Å²) in [6.07, 6.45) is 3.24. The van der Waals surface area contributed by atoms with Gasteiger partial charge < -0.3 is 4.74 Å². The summed E-state index contributed by atoms with van der Waals surface area (Å²) >= 11 is 3.22. The molecule has 10 aromatic carbocycles. The average molecular weight is 941 g/mol. The molecule has 20 bridgehead atoms. The number of fused-ring (bicyclic) bond motifs is 22. The third kappa shape index (κ3) is 6.20. The lowest BCUT2D eigenvalue weighted by Gasteiger charge is -2.10. The molecule has 0 aliphatic rings. The van der Waals surface area contributed by atoms with Crippen molar-refractivity contribution in [1.82, 2.24) is 29.9 Å². The van der Waals surface area contributed by atoms with Gasteiger partial charge in [0.1, 0.15) is 43.2 Å². The van der Waals surface area contributed by atoms with E-state index in [9.17, 15) is 0 Å². The fourth-order valence-electron chi connectivity index (χ4n) is 10.7. The predicted molar refractivity (Wildman–Crippen MR) is 298 cm³/mol. The number of aromatic nitrogens is 6. The van der Waals surface area contributed by atoms with Crippen LogP contribution in [0.5, 0.6) is 11.5 Å². The zero-order valence-electron chi connectivity index (χ0n) is 37.4. The first-order chi connectivity index (χ1) is 35.0. The smallest absolute Gasteiger partial charge is 0.174 e. The van der Waals surface area contributed by atoms with E-state index in [1.54, 1.807) is 35.3 Å². The van der Waals surface area contributed by atoms with Crippen molar-refractivity contribution < 1.29 is 4.74 Å². The minimum atomic E-state index is 0.658. The van der Waals surface area contributed by atoms with Gasteiger partial charge in [-0.1, -0.05) is 109 Å². The summed E-state index contributed by atoms with van der Waals surface area (Å²) in [5.41, 5.74) is 2.91. The maximum absolute atomic E-state index is 7.22. The largest absolute Gasteiger partial charge is 0.457 e. The van der Waals surface area contributed by atoms with Crippen molar-refractivity contribution in [3.8, 4) is 11.5 Å². The van der Waals surface area contributed by atoms with Crippen LogP contribution >= 0.6 is 22.7 Å². The summed E-state index contributed by atoms with van der Waals surface area (Å²) in [5, 5.41) is 22.1. The second-order valence-electron chi connectivity index (χ2n) is 18.4. The quantitative estimate of drug-likeness (QED) is 0.160. The van der Waals surface area contributed by atoms with E-state index >= 15 is 0 Å². The van der Waals surface area contributed by atoms with Crippen molar-refractivity contribution in [2.75, 3.05) is 0 Å². The zero-order valence-corrected chi connectivity index (χ0v) is 39.0. The van der Waals surface area contributed by atoms with Crippen LogP contribution in [0.25, 0.3) is 149 Å². The lowest BCUT2D eigenvalue weighted by Crippen LogP contribution is -1.88. The molecular formula is C62H32N6OS2. The van der Waals surface area contributed by atoms with Crippen LogP contribution in [-0.2, 0) is 0 Å². The van der Waals surface area contributed by atoms with Gasteiger partial charge in [-0.05, 0) is 159 Å². The molecule has 16 aromatic rings. The molecule has 0 saturated heterocycles. The molecule has 7 nitrogen and oxygen atoms in total. The molecule has 6 aromatic heterocycles. The molecule has 0 saturated carbocycles. The van der Waals surface area contributed by atoms with Crippen LogP contribution in [-0.4, -0.2) is 29.9 Å². The van der Waals surface area contributed by atoms with Crippen LogP contribution in [0.4, 0.5) is 0 Å². The van der Waals surface area contributed by atoms with Gasteiger partial charge in [0, 0.05) is 21.5 Å². The third-order valence-corrected chi connectivity index (χ3v) is 16.4. The molecule has 0 unspecified atom stereocenters. The Balaban J connectivity index is 1.00. The van der Waals surface area contributed by atoms with E-state index in [4.69, 9.17) is 24.7 Å². The number of benzene rings is 10. The summed E-state index contributed by atoms with van der Waals surface area (Å²) in [5.74, 6) is 1.33. The van der Waals surface area contributed by atoms with E-state index in [0.29, 0.717) is 22.8 Å². The van der Waals surface area contributed by atoms with Gasteiger partial charge >= 0.3 is 0 Å². The maximum Gasteiger partial charge on any atom is 0.174 e. The molecular weight excluding hydrogens is 909 g/mol. The Labute approximate surface area is 410 Å². The molecule has 9 heteroatoms. The van der Waals surface area contributed by atoms with E-state index in [1.165, 1.54) is 43.1 Å². The second kappa shape index (κ2) is 14.7. The van der Waals surface area contributed by atoms with Gasteiger partial charge in [0.05, 0.1) is 11.0 Å². The highest BCUT2D eigenvalue weighted by Crippen LogP contribution is 2.39. The Kier molecular flexibility index (Phi) is 8.08. The fraction of sp³-hybridized carbons (Fsp3) is 0. The number of hydrogen-bond donors (Lipinski definition) is 0. The first kappa shape index (κ1) is 38.9. The SMILES string of the molecule is c1cc2cc(c1)c1nc3ncnc(c4cc(Oc5cc6cc(c5)c5ncnc7nc(sc75)c5cccc(c5)c5ccc7ccc8ccc6cc8c7c5)cc(c4)c4ccc5ccc6ccc2cc6c5c4)c3s1. The zero-order chi connectivity index (χ0) is 46.3. The molecule has 0 aliphatic heterocycles. The van der Waals surface area contributed by atoms with Crippen LogP contribution in [0.3, 0.4) is 0 Å². The van der Waals surface area contributed by atoms with Crippen LogP contribution in [0, 0.1) is 0 Å². The topological polar surface area (TPSA) is 86.6 Å². The van der Waals surface area contributed by atoms with E-state index in [2.05, 4.69) is 192 Å². The number of nitrogens with zero attached hydrogens (tertiary/aromatic N) is 6. The molecule has 328 valence electrons. The minimum Gasteiger partial charge on any atom is -0.457 e. The van der Waals surface area contributed by atoms with Gasteiger partial charge in [0.15, 0.2) is 11.3 Å². The Morgan fingerprint density at radius 2 is 0.606 bits per heavy atom. The maximum atomic E-state index is 7.22. The van der Waals surface area contributed by atoms with Gasteiger partial charge in [0.25, 0.3) is 0 Å². The monoisotopic (exact) mass is 940 g/mol. The number of hydrogen-bond acceptors (Lipinski definition) is 9. The van der Waals surface area contributed by atoms with Crippen molar-refractivity contribution in [2.24, 2.45) is 0 Å². The molecule has 0 radical (unpaired) electrons. The van der Waals surface area contributed by atoms with E-state index < -0.39 is 0 Å². The number of ether oxygens (including phenoxy) is 1. The van der Waals surface area contributed by atoms with Crippen LogP contribution < -0.4 is 4.74 Å². The van der Waals surface area contributed by atoms with E-state index in [1.807, 2.05) is 0 Å². The van der Waals surface area contributed by atoms with E-state index in [-0.39, 0.29) is 0 Å². The number of rotatable bonds is 2. The molecule has 0 atom stereocenters. The Morgan fingerprint density at radius 3 is 1.01 bits per heavy atom. The summed E-state index contributed by atoms with van der Waals surface area (Å²) < 4.78 is 9.04. The third-order valence-electron chi connectivity index (χ3n) is 14.2. The highest BCUT2D eigenvalue weighted by Gasteiger charge is 2.14. The van der Waals surface area contributed by atoms with Gasteiger partial charge in [-0.25, -0.2) is 29.9 Å². The molecule has 71 heavy (non-hydrogen) atoms. The molecule has 6 heterocycles. The second-order valence-corrected chi connectivity index (χ2v) is 20.4. The Hall–Kier alpha value is -9.02. The van der Waals surface area contributed by atoms with Gasteiger partial charge in [-0.3, -0.25) is 0 Å². The van der Waals surface area contributed by atoms with Crippen molar-refractivity contribution in [3.05, 3.63) is 195 Å². The fourth-order valence-corrected chi connectivity index (χ4v) is 12.8. The lowest BCUT2D eigenvalue weighted by molar-refractivity contribution is 0.485. The average Bonchev–Trinajstić information content (AvgIpc) is 4.08. The van der Waals surface area contributed by atoms with Crippen molar-refractivity contribution >= 4 is 172 Å². The van der Waals surface area contributed by atoms with Crippen LogP contribution in [0.2, 0.25) is 0 Å². The highest BCUT2D eigenvalue weighted by molar-refractivity contribution is 7.25. The van der Waals surface area contributed by atoms with Crippen molar-refractivity contribution in [2.45, 2.75) is 0 Å². The Morgan fingerprint density at radius 1 is 0.282 bits per heavy atom. The first-order valence-electron chi connectivity index (χ1n) is 23.4. The Bertz CT molecular complexity index is 4800. The first-order valence-corrected chi connectivity index (χ1v) is 25.1.